The van der Waals surface area contributed by atoms with Crippen LogP contribution in [0.4, 0.5) is 10.1 Å². The highest BCUT2D eigenvalue weighted by atomic mass is 19.1. The van der Waals surface area contributed by atoms with Crippen LogP contribution in [0.3, 0.4) is 0 Å². The number of hydrogen-bond acceptors (Lipinski definition) is 6. The first-order valence-electron chi connectivity index (χ1n) is 6.00. The zero-order chi connectivity index (χ0) is 15.1. The Bertz CT molecular complexity index is 670. The van der Waals surface area contributed by atoms with Gasteiger partial charge < -0.3 is 9.57 Å². The Morgan fingerprint density at radius 3 is 2.57 bits per heavy atom. The monoisotopic (exact) mass is 292 g/mol. The van der Waals surface area contributed by atoms with Crippen LogP contribution in [0.5, 0.6) is 0 Å². The molecule has 0 saturated carbocycles. The maximum absolute atomic E-state index is 12.9. The van der Waals surface area contributed by atoms with Gasteiger partial charge in [0.15, 0.2) is 5.71 Å². The number of fused-ring (bicyclic) bond motifs is 1. The van der Waals surface area contributed by atoms with Gasteiger partial charge in [0.05, 0.1) is 12.8 Å². The van der Waals surface area contributed by atoms with E-state index in [4.69, 9.17) is 4.84 Å². The van der Waals surface area contributed by atoms with E-state index < -0.39 is 35.6 Å². The molecule has 2 atom stereocenters. The second kappa shape index (κ2) is 4.65. The summed E-state index contributed by atoms with van der Waals surface area (Å²) >= 11 is 0. The molecule has 7 nitrogen and oxygen atoms in total. The van der Waals surface area contributed by atoms with Gasteiger partial charge in [0.2, 0.25) is 12.0 Å². The number of carbonyl (C=O) groups excluding carboxylic acids is 3. The fourth-order valence-corrected chi connectivity index (χ4v) is 2.30. The van der Waals surface area contributed by atoms with E-state index in [9.17, 15) is 18.8 Å². The molecule has 2 heterocycles. The summed E-state index contributed by atoms with van der Waals surface area (Å²) in [6.07, 6.45) is -1.18. The molecule has 3 rings (SSSR count). The lowest BCUT2D eigenvalue weighted by molar-refractivity contribution is -0.133. The Kier molecular flexibility index (Phi) is 2.93. The fraction of sp³-hybridized carbons (Fsp3) is 0.231. The van der Waals surface area contributed by atoms with Gasteiger partial charge in [-0.3, -0.25) is 9.59 Å². The van der Waals surface area contributed by atoms with Gasteiger partial charge in [0.1, 0.15) is 11.7 Å². The van der Waals surface area contributed by atoms with Crippen LogP contribution >= 0.6 is 0 Å². The number of amides is 2. The van der Waals surface area contributed by atoms with Gasteiger partial charge in [0.25, 0.3) is 5.91 Å². The molecule has 1 aromatic rings. The predicted octanol–water partition coefficient (Wildman–Crippen LogP) is 0.243. The smallest absolute Gasteiger partial charge is 0.356 e. The summed E-state index contributed by atoms with van der Waals surface area (Å²) < 4.78 is 17.4. The van der Waals surface area contributed by atoms with Crippen molar-refractivity contribution in [1.82, 2.24) is 0 Å². The van der Waals surface area contributed by atoms with Crippen LogP contribution < -0.4 is 4.90 Å². The maximum atomic E-state index is 12.9. The number of hydrogen-bond donors (Lipinski definition) is 0. The number of benzene rings is 1. The highest BCUT2D eigenvalue weighted by Gasteiger charge is 2.57. The minimum absolute atomic E-state index is 0.202. The number of anilines is 1. The lowest BCUT2D eigenvalue weighted by Crippen LogP contribution is -2.34. The Balaban J connectivity index is 1.95. The van der Waals surface area contributed by atoms with Gasteiger partial charge in [-0.15, -0.1) is 0 Å². The first kappa shape index (κ1) is 13.2. The molecule has 0 spiro atoms. The van der Waals surface area contributed by atoms with E-state index in [2.05, 4.69) is 9.89 Å². The van der Waals surface area contributed by atoms with Crippen LogP contribution in [0.15, 0.2) is 29.4 Å². The third kappa shape index (κ3) is 1.87. The molecule has 0 radical (unpaired) electrons. The van der Waals surface area contributed by atoms with Gasteiger partial charge in [-0.05, 0) is 24.3 Å². The van der Waals surface area contributed by atoms with Crippen LogP contribution in [-0.4, -0.2) is 36.7 Å². The van der Waals surface area contributed by atoms with Crippen LogP contribution in [0.2, 0.25) is 0 Å². The second-order valence-electron chi connectivity index (χ2n) is 4.46. The van der Waals surface area contributed by atoms with E-state index in [1.54, 1.807) is 0 Å². The van der Waals surface area contributed by atoms with E-state index in [0.29, 0.717) is 0 Å². The Morgan fingerprint density at radius 2 is 1.95 bits per heavy atom. The summed E-state index contributed by atoms with van der Waals surface area (Å²) in [6.45, 7) is 0. The van der Waals surface area contributed by atoms with Gasteiger partial charge in [-0.1, -0.05) is 5.16 Å². The van der Waals surface area contributed by atoms with Crippen LogP contribution in [0.1, 0.15) is 0 Å². The molecule has 2 aliphatic rings. The summed E-state index contributed by atoms with van der Waals surface area (Å²) in [5, 5.41) is 3.45. The van der Waals surface area contributed by atoms with Crippen molar-refractivity contribution in [3.8, 4) is 0 Å². The van der Waals surface area contributed by atoms with E-state index >= 15 is 0 Å². The Labute approximate surface area is 117 Å². The molecule has 0 unspecified atom stereocenters. The largest absolute Gasteiger partial charge is 0.464 e. The number of halogens is 1. The molecule has 8 heteroatoms. The van der Waals surface area contributed by atoms with E-state index in [0.717, 1.165) is 24.1 Å². The van der Waals surface area contributed by atoms with Crippen molar-refractivity contribution in [3.05, 3.63) is 30.1 Å². The summed E-state index contributed by atoms with van der Waals surface area (Å²) in [5.74, 6) is -3.76. The summed E-state index contributed by atoms with van der Waals surface area (Å²) in [5.41, 5.74) is -0.0425. The fourth-order valence-electron chi connectivity index (χ4n) is 2.30. The van der Waals surface area contributed by atoms with Crippen molar-refractivity contribution in [1.29, 1.82) is 0 Å². The van der Waals surface area contributed by atoms with Gasteiger partial charge in [0, 0.05) is 0 Å². The molecule has 1 aromatic carbocycles. The number of methoxy groups -OCH3 is 1. The van der Waals surface area contributed by atoms with Gasteiger partial charge >= 0.3 is 5.97 Å². The average Bonchev–Trinajstić information content (AvgIpc) is 3.01. The minimum Gasteiger partial charge on any atom is -0.464 e. The maximum Gasteiger partial charge on any atom is 0.356 e. The van der Waals surface area contributed by atoms with Crippen molar-refractivity contribution in [2.24, 2.45) is 11.1 Å². The second-order valence-corrected chi connectivity index (χ2v) is 4.46. The van der Waals surface area contributed by atoms with Crippen molar-refractivity contribution in [3.63, 3.8) is 0 Å². The molecule has 2 aliphatic heterocycles. The number of nitrogens with zero attached hydrogens (tertiary/aromatic N) is 2. The molecule has 0 aliphatic carbocycles. The lowest BCUT2D eigenvalue weighted by Gasteiger charge is -2.14. The highest BCUT2D eigenvalue weighted by molar-refractivity contribution is 6.46. The molecule has 0 bridgehead atoms. The lowest BCUT2D eigenvalue weighted by atomic mass is 10.00. The third-order valence-electron chi connectivity index (χ3n) is 3.29. The Hall–Kier alpha value is -2.77. The molecular weight excluding hydrogens is 283 g/mol. The van der Waals surface area contributed by atoms with Crippen molar-refractivity contribution in [2.45, 2.75) is 6.10 Å². The molecule has 21 heavy (non-hydrogen) atoms. The number of carbonyl (C=O) groups is 3. The molecule has 1 saturated heterocycles. The summed E-state index contributed by atoms with van der Waals surface area (Å²) in [7, 11) is 1.14. The van der Waals surface area contributed by atoms with Crippen LogP contribution in [0, 0.1) is 11.7 Å². The van der Waals surface area contributed by atoms with Crippen LogP contribution in [0.25, 0.3) is 0 Å². The van der Waals surface area contributed by atoms with Gasteiger partial charge in [-0.25, -0.2) is 14.1 Å². The molecule has 108 valence electrons. The zero-order valence-corrected chi connectivity index (χ0v) is 10.8. The number of esters is 1. The van der Waals surface area contributed by atoms with Crippen molar-refractivity contribution >= 4 is 29.2 Å². The first-order valence-corrected chi connectivity index (χ1v) is 6.00. The van der Waals surface area contributed by atoms with E-state index in [1.807, 2.05) is 0 Å². The molecule has 0 N–H and O–H groups in total. The first-order chi connectivity index (χ1) is 10.0. The predicted molar refractivity (Wildman–Crippen MR) is 66.7 cm³/mol. The van der Waals surface area contributed by atoms with E-state index in [-0.39, 0.29) is 11.4 Å². The average molecular weight is 292 g/mol. The SMILES string of the molecule is COC(=O)C1=NO[C@H]2C(=O)N(c3ccc(F)cc3)C(=O)[C@H]12. The standard InChI is InChI=1S/C13H9FN2O5/c1-20-13(19)9-8-10(21-15-9)12(18)16(11(8)17)7-4-2-6(14)3-5-7/h2-5,8,10H,1H3/t8-,10-/m1/s1. The van der Waals surface area contributed by atoms with Gasteiger partial charge in [-0.2, -0.15) is 0 Å². The summed E-state index contributed by atoms with van der Waals surface area (Å²) in [6, 6.07) is 4.84. The summed E-state index contributed by atoms with van der Waals surface area (Å²) in [4.78, 5) is 41.8. The number of oxime groups is 1. The van der Waals surface area contributed by atoms with Crippen LogP contribution in [-0.2, 0) is 24.0 Å². The van der Waals surface area contributed by atoms with E-state index in [1.165, 1.54) is 12.1 Å². The molecule has 2 amide bonds. The number of ether oxygens (including phenoxy) is 1. The highest BCUT2D eigenvalue weighted by Crippen LogP contribution is 2.33. The zero-order valence-electron chi connectivity index (χ0n) is 10.8. The number of imide groups is 1. The minimum atomic E-state index is -1.18. The third-order valence-corrected chi connectivity index (χ3v) is 3.29. The molecule has 1 fully saturated rings. The topological polar surface area (TPSA) is 85.3 Å². The normalized spacial score (nSPS) is 23.7. The molecular formula is C13H9FN2O5. The number of rotatable bonds is 2. The Morgan fingerprint density at radius 1 is 1.29 bits per heavy atom. The molecule has 0 aromatic heterocycles. The quantitative estimate of drug-likeness (QED) is 0.576. The van der Waals surface area contributed by atoms with Crippen molar-refractivity contribution < 1.29 is 28.3 Å². The van der Waals surface area contributed by atoms with Crippen molar-refractivity contribution in [2.75, 3.05) is 12.0 Å².